The average molecular weight is 537 g/mol. The summed E-state index contributed by atoms with van der Waals surface area (Å²) in [4.78, 5) is 26.6. The van der Waals surface area contributed by atoms with E-state index in [1.165, 1.54) is 63.7 Å². The number of nitrogens with zero attached hydrogens (tertiary/aromatic N) is 2. The molecule has 0 bridgehead atoms. The second-order valence-corrected chi connectivity index (χ2v) is 10.9. The molecule has 39 heavy (non-hydrogen) atoms. The third-order valence-corrected chi connectivity index (χ3v) is 8.15. The molecule has 3 aliphatic rings. The number of likely N-dealkylation sites (tertiary alicyclic amines) is 2. The van der Waals surface area contributed by atoms with Gasteiger partial charge in [-0.2, -0.15) is 0 Å². The monoisotopic (exact) mass is 536 g/mol. The first kappa shape index (κ1) is 32.7. The molecule has 1 saturated carbocycles. The minimum atomic E-state index is -0.230. The van der Waals surface area contributed by atoms with Crippen LogP contribution in [-0.4, -0.2) is 69.4 Å². The van der Waals surface area contributed by atoms with Crippen molar-refractivity contribution in [1.29, 1.82) is 0 Å². The van der Waals surface area contributed by atoms with Crippen molar-refractivity contribution < 1.29 is 14.3 Å². The highest BCUT2D eigenvalue weighted by Crippen LogP contribution is 2.29. The van der Waals surface area contributed by atoms with Crippen LogP contribution in [-0.2, 0) is 14.3 Å². The Labute approximate surface area is 237 Å². The Morgan fingerprint density at radius 1 is 0.744 bits per heavy atom. The molecule has 3 unspecified atom stereocenters. The van der Waals surface area contributed by atoms with Gasteiger partial charge < -0.3 is 19.3 Å². The van der Waals surface area contributed by atoms with Crippen molar-refractivity contribution in [2.75, 3.05) is 47.4 Å². The van der Waals surface area contributed by atoms with Crippen LogP contribution in [0.2, 0.25) is 0 Å². The number of rotatable bonds is 4. The Balaban J connectivity index is 0.000000199. The first-order valence-electron chi connectivity index (χ1n) is 15.0. The summed E-state index contributed by atoms with van der Waals surface area (Å²) in [5.41, 5.74) is 3.03. The van der Waals surface area contributed by atoms with Crippen LogP contribution >= 0.6 is 0 Å². The molecule has 3 atom stereocenters. The Morgan fingerprint density at radius 2 is 1.23 bits per heavy atom. The van der Waals surface area contributed by atoms with Crippen molar-refractivity contribution in [1.82, 2.24) is 9.80 Å². The number of benzene rings is 2. The molecule has 3 fully saturated rings. The molecule has 2 aliphatic heterocycles. The van der Waals surface area contributed by atoms with E-state index in [1.54, 1.807) is 0 Å². The third-order valence-electron chi connectivity index (χ3n) is 8.15. The fourth-order valence-electron chi connectivity index (χ4n) is 5.77. The summed E-state index contributed by atoms with van der Waals surface area (Å²) in [6.45, 7) is 8.97. The van der Waals surface area contributed by atoms with Crippen LogP contribution in [0.4, 0.5) is 0 Å². The number of likely N-dealkylation sites (N-methyl/N-ethyl adjacent to an activating group) is 1. The lowest BCUT2D eigenvalue weighted by Gasteiger charge is -2.29. The van der Waals surface area contributed by atoms with Crippen molar-refractivity contribution >= 4 is 12.3 Å². The number of esters is 1. The van der Waals surface area contributed by atoms with Crippen molar-refractivity contribution in [3.63, 3.8) is 0 Å². The maximum Gasteiger partial charge on any atom is 0.309 e. The zero-order valence-corrected chi connectivity index (χ0v) is 25.1. The molecule has 2 aromatic carbocycles. The highest BCUT2D eigenvalue weighted by Gasteiger charge is 2.31. The molecule has 1 aliphatic carbocycles. The molecule has 0 N–H and O–H groups in total. The SMILES string of the molecule is CC.CN1CCC(c2ccccc2)C1.CN1CCC(c2ccccc2)CC1.COC(=O)C1CCCCC1C=O. The standard InChI is InChI=1S/C12H17N.C11H15N.C9H14O3.C2H6/c1-13-9-7-12(8-10-13)11-5-3-2-4-6-11;1-12-8-7-11(9-12)10-5-3-2-4-6-10;1-12-9(11)8-5-3-2-4-7(8)6-10;1-2/h2-6,12H,7-10H2,1H3;2-6,11H,7-9H2,1H3;6-8H,2-5H2,1H3;1-2H3. The van der Waals surface area contributed by atoms with E-state index in [9.17, 15) is 9.59 Å². The third kappa shape index (κ3) is 11.3. The molecular formula is C34H52N2O3. The second-order valence-electron chi connectivity index (χ2n) is 10.9. The molecule has 0 aromatic heterocycles. The van der Waals surface area contributed by atoms with Gasteiger partial charge in [-0.3, -0.25) is 4.79 Å². The minimum Gasteiger partial charge on any atom is -0.469 e. The van der Waals surface area contributed by atoms with Gasteiger partial charge in [0.1, 0.15) is 6.29 Å². The van der Waals surface area contributed by atoms with Crippen LogP contribution in [0.15, 0.2) is 60.7 Å². The zero-order chi connectivity index (χ0) is 28.5. The predicted molar refractivity (Wildman–Crippen MR) is 162 cm³/mol. The zero-order valence-electron chi connectivity index (χ0n) is 25.1. The van der Waals surface area contributed by atoms with Crippen LogP contribution in [0.3, 0.4) is 0 Å². The lowest BCUT2D eigenvalue weighted by atomic mass is 9.80. The minimum absolute atomic E-state index is 0.105. The number of carbonyl (C=O) groups is 2. The fourth-order valence-corrected chi connectivity index (χ4v) is 5.77. The number of carbonyl (C=O) groups excluding carboxylic acids is 2. The summed E-state index contributed by atoms with van der Waals surface area (Å²) in [7, 11) is 5.78. The van der Waals surface area contributed by atoms with Gasteiger partial charge in [-0.25, -0.2) is 0 Å². The molecule has 0 radical (unpaired) electrons. The number of piperidine rings is 1. The van der Waals surface area contributed by atoms with Gasteiger partial charge in [0.05, 0.1) is 13.0 Å². The topological polar surface area (TPSA) is 49.9 Å². The number of aldehydes is 1. The summed E-state index contributed by atoms with van der Waals surface area (Å²) in [5.74, 6) is 1.06. The van der Waals surface area contributed by atoms with Crippen LogP contribution in [0.5, 0.6) is 0 Å². The molecule has 2 aromatic rings. The summed E-state index contributed by atoms with van der Waals surface area (Å²) < 4.78 is 4.62. The maximum atomic E-state index is 11.2. The van der Waals surface area contributed by atoms with Crippen LogP contribution in [0.25, 0.3) is 0 Å². The second kappa shape index (κ2) is 18.7. The predicted octanol–water partition coefficient (Wildman–Crippen LogP) is 6.79. The molecule has 5 nitrogen and oxygen atoms in total. The molecular weight excluding hydrogens is 484 g/mol. The van der Waals surface area contributed by atoms with Crippen molar-refractivity contribution in [3.05, 3.63) is 71.8 Å². The maximum absolute atomic E-state index is 11.2. The highest BCUT2D eigenvalue weighted by molar-refractivity contribution is 5.76. The molecule has 216 valence electrons. The molecule has 0 spiro atoms. The van der Waals surface area contributed by atoms with Crippen molar-refractivity contribution in [3.8, 4) is 0 Å². The van der Waals surface area contributed by atoms with Crippen molar-refractivity contribution in [2.45, 2.75) is 70.6 Å². The van der Waals surface area contributed by atoms with E-state index in [1.807, 2.05) is 13.8 Å². The van der Waals surface area contributed by atoms with Gasteiger partial charge in [-0.05, 0) is 88.8 Å². The Morgan fingerprint density at radius 3 is 1.72 bits per heavy atom. The van der Waals surface area contributed by atoms with E-state index in [0.29, 0.717) is 0 Å². The van der Waals surface area contributed by atoms with Crippen LogP contribution in [0, 0.1) is 11.8 Å². The van der Waals surface area contributed by atoms with E-state index in [-0.39, 0.29) is 17.8 Å². The molecule has 5 heteroatoms. The Bertz CT molecular complexity index is 913. The van der Waals surface area contributed by atoms with E-state index in [2.05, 4.69) is 89.3 Å². The number of hydrogen-bond donors (Lipinski definition) is 0. The average Bonchev–Trinajstić information content (AvgIpc) is 3.46. The largest absolute Gasteiger partial charge is 0.469 e. The first-order valence-corrected chi connectivity index (χ1v) is 15.0. The van der Waals surface area contributed by atoms with Gasteiger partial charge in [0.25, 0.3) is 0 Å². The van der Waals surface area contributed by atoms with Gasteiger partial charge in [-0.1, -0.05) is 87.4 Å². The molecule has 5 rings (SSSR count). The fraction of sp³-hybridized carbons (Fsp3) is 0.588. The summed E-state index contributed by atoms with van der Waals surface area (Å²) in [6, 6.07) is 21.7. The highest BCUT2D eigenvalue weighted by atomic mass is 16.5. The van der Waals surface area contributed by atoms with E-state index in [0.717, 1.165) is 43.8 Å². The van der Waals surface area contributed by atoms with Gasteiger partial charge in [0, 0.05) is 12.5 Å². The first-order chi connectivity index (χ1) is 19.0. The summed E-state index contributed by atoms with van der Waals surface area (Å²) in [6.07, 6.45) is 8.57. The number of methoxy groups -OCH3 is 1. The van der Waals surface area contributed by atoms with E-state index >= 15 is 0 Å². The lowest BCUT2D eigenvalue weighted by Crippen LogP contribution is -2.29. The van der Waals surface area contributed by atoms with Crippen LogP contribution < -0.4 is 0 Å². The van der Waals surface area contributed by atoms with Gasteiger partial charge >= 0.3 is 5.97 Å². The molecule has 2 saturated heterocycles. The quantitative estimate of drug-likeness (QED) is 0.318. The summed E-state index contributed by atoms with van der Waals surface area (Å²) in [5, 5.41) is 0. The van der Waals surface area contributed by atoms with Crippen molar-refractivity contribution in [2.24, 2.45) is 11.8 Å². The summed E-state index contributed by atoms with van der Waals surface area (Å²) >= 11 is 0. The molecule has 2 heterocycles. The smallest absolute Gasteiger partial charge is 0.309 e. The Kier molecular flexibility index (Phi) is 15.7. The Hall–Kier alpha value is -2.50. The van der Waals surface area contributed by atoms with Gasteiger partial charge in [0.2, 0.25) is 0 Å². The van der Waals surface area contributed by atoms with Gasteiger partial charge in [-0.15, -0.1) is 0 Å². The van der Waals surface area contributed by atoms with Gasteiger partial charge in [0.15, 0.2) is 0 Å². The molecule has 0 amide bonds. The lowest BCUT2D eigenvalue weighted by molar-refractivity contribution is -0.149. The number of hydrogen-bond acceptors (Lipinski definition) is 5. The normalized spacial score (nSPS) is 23.6. The number of ether oxygens (including phenoxy) is 1. The van der Waals surface area contributed by atoms with Crippen LogP contribution in [0.1, 0.15) is 81.8 Å². The van der Waals surface area contributed by atoms with E-state index < -0.39 is 0 Å². The van der Waals surface area contributed by atoms with E-state index in [4.69, 9.17) is 0 Å².